The topological polar surface area (TPSA) is 62.7 Å². The predicted octanol–water partition coefficient (Wildman–Crippen LogP) is 3.40. The summed E-state index contributed by atoms with van der Waals surface area (Å²) in [5.41, 5.74) is 2.55. The molecule has 0 fully saturated rings. The quantitative estimate of drug-likeness (QED) is 0.200. The molecule has 1 aromatic rings. The zero-order valence-corrected chi connectivity index (χ0v) is 17.3. The zero-order valence-electron chi connectivity index (χ0n) is 14.9. The van der Waals surface area contributed by atoms with E-state index >= 15 is 0 Å². The molecule has 0 radical (unpaired) electrons. The summed E-state index contributed by atoms with van der Waals surface area (Å²) in [4.78, 5) is 15.2. The van der Waals surface area contributed by atoms with Gasteiger partial charge in [-0.15, -0.1) is 24.0 Å². The van der Waals surface area contributed by atoms with E-state index in [4.69, 9.17) is 0 Å². The van der Waals surface area contributed by atoms with Gasteiger partial charge in [-0.1, -0.05) is 37.1 Å². The van der Waals surface area contributed by atoms with Crippen LogP contribution in [0.3, 0.4) is 0 Å². The number of nitrogens with zero attached hydrogens (tertiary/aromatic N) is 1. The summed E-state index contributed by atoms with van der Waals surface area (Å²) in [7, 11) is 3.21. The second-order valence-electron chi connectivity index (χ2n) is 5.52. The smallest absolute Gasteiger partial charge is 0.305 e. The maximum absolute atomic E-state index is 11.0. The number of aliphatic imine (C=N–C) groups is 1. The van der Waals surface area contributed by atoms with Crippen LogP contribution in [0.4, 0.5) is 0 Å². The summed E-state index contributed by atoms with van der Waals surface area (Å²) >= 11 is 0. The maximum Gasteiger partial charge on any atom is 0.305 e. The average molecular weight is 447 g/mol. The van der Waals surface area contributed by atoms with Gasteiger partial charge in [-0.2, -0.15) is 0 Å². The Balaban J connectivity index is 0.00000529. The Morgan fingerprint density at radius 3 is 2.50 bits per heavy atom. The molecule has 0 atom stereocenters. The van der Waals surface area contributed by atoms with Gasteiger partial charge in [0.05, 0.1) is 7.11 Å². The second kappa shape index (κ2) is 14.1. The van der Waals surface area contributed by atoms with E-state index in [1.807, 2.05) is 6.07 Å². The minimum Gasteiger partial charge on any atom is -0.469 e. The molecule has 0 amide bonds. The van der Waals surface area contributed by atoms with Crippen molar-refractivity contribution < 1.29 is 9.53 Å². The van der Waals surface area contributed by atoms with Crippen LogP contribution in [0.5, 0.6) is 0 Å². The molecule has 24 heavy (non-hydrogen) atoms. The van der Waals surface area contributed by atoms with Crippen molar-refractivity contribution in [3.8, 4) is 0 Å². The lowest BCUT2D eigenvalue weighted by molar-refractivity contribution is -0.140. The number of carbonyl (C=O) groups excluding carboxylic acids is 1. The Morgan fingerprint density at radius 2 is 1.83 bits per heavy atom. The summed E-state index contributed by atoms with van der Waals surface area (Å²) in [5, 5.41) is 6.65. The van der Waals surface area contributed by atoms with Gasteiger partial charge in [0.1, 0.15) is 0 Å². The van der Waals surface area contributed by atoms with Gasteiger partial charge in [-0.05, 0) is 30.9 Å². The molecule has 1 rings (SSSR count). The number of hydrogen-bond acceptors (Lipinski definition) is 3. The highest BCUT2D eigenvalue weighted by Crippen LogP contribution is 2.06. The van der Waals surface area contributed by atoms with E-state index in [9.17, 15) is 4.79 Å². The highest BCUT2D eigenvalue weighted by molar-refractivity contribution is 14.0. The average Bonchev–Trinajstić information content (AvgIpc) is 2.57. The fraction of sp³-hybridized carbons (Fsp3) is 0.556. The van der Waals surface area contributed by atoms with Crippen molar-refractivity contribution in [2.75, 3.05) is 20.7 Å². The van der Waals surface area contributed by atoms with E-state index < -0.39 is 0 Å². The van der Waals surface area contributed by atoms with E-state index in [-0.39, 0.29) is 29.9 Å². The van der Waals surface area contributed by atoms with Crippen LogP contribution >= 0.6 is 24.0 Å². The lowest BCUT2D eigenvalue weighted by atomic mass is 10.1. The van der Waals surface area contributed by atoms with Crippen molar-refractivity contribution in [1.82, 2.24) is 10.6 Å². The number of halogens is 1. The van der Waals surface area contributed by atoms with Crippen LogP contribution in [0.2, 0.25) is 0 Å². The zero-order chi connectivity index (χ0) is 16.9. The van der Waals surface area contributed by atoms with Gasteiger partial charge in [0.25, 0.3) is 0 Å². The molecule has 0 aliphatic heterocycles. The van der Waals surface area contributed by atoms with Gasteiger partial charge in [-0.3, -0.25) is 9.79 Å². The molecule has 0 aromatic heterocycles. The first kappa shape index (κ1) is 22.7. The monoisotopic (exact) mass is 447 g/mol. The SMILES string of the molecule is CN=C(NCCCCCCC(=O)OC)NCc1ccccc1C.I. The molecule has 0 heterocycles. The standard InChI is InChI=1S/C18H29N3O2.HI/c1-15-10-7-8-11-16(15)14-21-18(19-2)20-13-9-5-4-6-12-17(22)23-3;/h7-8,10-11H,4-6,9,12-14H2,1-3H3,(H2,19,20,21);1H. The van der Waals surface area contributed by atoms with Crippen molar-refractivity contribution in [3.05, 3.63) is 35.4 Å². The first-order valence-corrected chi connectivity index (χ1v) is 8.23. The number of carbonyl (C=O) groups is 1. The van der Waals surface area contributed by atoms with Crippen LogP contribution in [0.15, 0.2) is 29.3 Å². The molecule has 2 N–H and O–H groups in total. The molecule has 1 aromatic carbocycles. The Kier molecular flexibility index (Phi) is 13.3. The maximum atomic E-state index is 11.0. The van der Waals surface area contributed by atoms with Crippen LogP contribution in [-0.2, 0) is 16.1 Å². The van der Waals surface area contributed by atoms with Gasteiger partial charge >= 0.3 is 5.97 Å². The van der Waals surface area contributed by atoms with Gasteiger partial charge in [0.15, 0.2) is 5.96 Å². The molecule has 5 nitrogen and oxygen atoms in total. The summed E-state index contributed by atoms with van der Waals surface area (Å²) in [6.45, 7) is 3.76. The molecule has 136 valence electrons. The van der Waals surface area contributed by atoms with Gasteiger partial charge < -0.3 is 15.4 Å². The predicted molar refractivity (Wildman–Crippen MR) is 110 cm³/mol. The largest absolute Gasteiger partial charge is 0.469 e. The number of hydrogen-bond donors (Lipinski definition) is 2. The van der Waals surface area contributed by atoms with Crippen molar-refractivity contribution in [2.24, 2.45) is 4.99 Å². The van der Waals surface area contributed by atoms with Crippen LogP contribution in [0, 0.1) is 6.92 Å². The number of aryl methyl sites for hydroxylation is 1. The summed E-state index contributed by atoms with van der Waals surface area (Å²) in [6, 6.07) is 8.33. The number of ether oxygens (including phenoxy) is 1. The molecular weight excluding hydrogens is 417 g/mol. The number of methoxy groups -OCH3 is 1. The molecule has 0 aliphatic rings. The number of nitrogens with one attached hydrogen (secondary N) is 2. The minimum absolute atomic E-state index is 0. The Morgan fingerprint density at radius 1 is 1.12 bits per heavy atom. The number of esters is 1. The number of benzene rings is 1. The molecule has 0 bridgehead atoms. The number of rotatable bonds is 9. The van der Waals surface area contributed by atoms with Crippen molar-refractivity contribution in [3.63, 3.8) is 0 Å². The highest BCUT2D eigenvalue weighted by Gasteiger charge is 2.01. The van der Waals surface area contributed by atoms with Crippen LogP contribution in [0.25, 0.3) is 0 Å². The van der Waals surface area contributed by atoms with E-state index in [2.05, 4.69) is 45.5 Å². The minimum atomic E-state index is -0.121. The van der Waals surface area contributed by atoms with Crippen LogP contribution in [0.1, 0.15) is 43.2 Å². The first-order chi connectivity index (χ1) is 11.2. The van der Waals surface area contributed by atoms with E-state index in [0.29, 0.717) is 6.42 Å². The first-order valence-electron chi connectivity index (χ1n) is 8.23. The highest BCUT2D eigenvalue weighted by atomic mass is 127. The Hall–Kier alpha value is -1.31. The lowest BCUT2D eigenvalue weighted by Gasteiger charge is -2.13. The third kappa shape index (κ3) is 9.75. The van der Waals surface area contributed by atoms with Gasteiger partial charge in [-0.25, -0.2) is 0 Å². The molecule has 0 aliphatic carbocycles. The third-order valence-corrected chi connectivity index (χ3v) is 3.76. The molecule has 0 saturated heterocycles. The van der Waals surface area contributed by atoms with Crippen molar-refractivity contribution in [1.29, 1.82) is 0 Å². The summed E-state index contributed by atoms with van der Waals surface area (Å²) < 4.78 is 4.62. The molecule has 0 saturated carbocycles. The molecule has 6 heteroatoms. The molecule has 0 spiro atoms. The summed E-state index contributed by atoms with van der Waals surface area (Å²) in [6.07, 6.45) is 4.62. The van der Waals surface area contributed by atoms with Gasteiger partial charge in [0.2, 0.25) is 0 Å². The third-order valence-electron chi connectivity index (χ3n) is 3.76. The second-order valence-corrected chi connectivity index (χ2v) is 5.52. The normalized spacial score (nSPS) is 10.7. The van der Waals surface area contributed by atoms with E-state index in [1.54, 1.807) is 7.05 Å². The fourth-order valence-corrected chi connectivity index (χ4v) is 2.26. The summed E-state index contributed by atoms with van der Waals surface area (Å²) in [5.74, 6) is 0.701. The van der Waals surface area contributed by atoms with Crippen molar-refractivity contribution in [2.45, 2.75) is 45.6 Å². The molecular formula is C18H30IN3O2. The Bertz CT molecular complexity index is 507. The molecule has 0 unspecified atom stereocenters. The van der Waals surface area contributed by atoms with E-state index in [1.165, 1.54) is 18.2 Å². The fourth-order valence-electron chi connectivity index (χ4n) is 2.26. The van der Waals surface area contributed by atoms with Gasteiger partial charge in [0, 0.05) is 26.6 Å². The lowest BCUT2D eigenvalue weighted by Crippen LogP contribution is -2.37. The van der Waals surface area contributed by atoms with Crippen molar-refractivity contribution >= 4 is 35.9 Å². The van der Waals surface area contributed by atoms with Crippen LogP contribution in [-0.4, -0.2) is 32.6 Å². The Labute approximate surface area is 162 Å². The van der Waals surface area contributed by atoms with Crippen LogP contribution < -0.4 is 10.6 Å². The number of guanidine groups is 1. The van der Waals surface area contributed by atoms with E-state index in [0.717, 1.165) is 44.7 Å². The number of unbranched alkanes of at least 4 members (excludes halogenated alkanes) is 3.